The molecular formula is C23H32N2O3. The molecule has 0 saturated heterocycles. The second-order valence-electron chi connectivity index (χ2n) is 6.90. The first-order valence-electron chi connectivity index (χ1n) is 9.95. The Balaban J connectivity index is 1.76. The highest BCUT2D eigenvalue weighted by Crippen LogP contribution is 2.28. The molecule has 1 N–H and O–H groups in total. The highest BCUT2D eigenvalue weighted by atomic mass is 16.5. The van der Waals surface area contributed by atoms with E-state index in [1.165, 1.54) is 5.56 Å². The molecule has 0 atom stereocenters. The van der Waals surface area contributed by atoms with E-state index in [0.717, 1.165) is 32.4 Å². The Morgan fingerprint density at radius 1 is 1.07 bits per heavy atom. The first kappa shape index (κ1) is 21.8. The monoisotopic (exact) mass is 384 g/mol. The van der Waals surface area contributed by atoms with Gasteiger partial charge in [-0.1, -0.05) is 43.7 Å². The highest BCUT2D eigenvalue weighted by Gasteiger charge is 2.11. The normalized spacial score (nSPS) is 10.7. The molecule has 0 fully saturated rings. The number of nitrogens with zero attached hydrogens (tertiary/aromatic N) is 1. The van der Waals surface area contributed by atoms with Gasteiger partial charge in [0.15, 0.2) is 11.5 Å². The second kappa shape index (κ2) is 12.0. The molecule has 2 aromatic carbocycles. The first-order valence-corrected chi connectivity index (χ1v) is 9.95. The minimum absolute atomic E-state index is 0.0934. The lowest BCUT2D eigenvalue weighted by molar-refractivity contribution is 0.0951. The fourth-order valence-electron chi connectivity index (χ4n) is 2.88. The van der Waals surface area contributed by atoms with Crippen LogP contribution in [-0.2, 0) is 6.54 Å². The van der Waals surface area contributed by atoms with Gasteiger partial charge in [0.25, 0.3) is 5.91 Å². The summed E-state index contributed by atoms with van der Waals surface area (Å²) in [6, 6.07) is 15.7. The van der Waals surface area contributed by atoms with Crippen molar-refractivity contribution in [2.24, 2.45) is 0 Å². The average molecular weight is 385 g/mol. The average Bonchev–Trinajstić information content (AvgIpc) is 2.72. The van der Waals surface area contributed by atoms with E-state index < -0.39 is 0 Å². The van der Waals surface area contributed by atoms with Crippen molar-refractivity contribution in [1.29, 1.82) is 0 Å². The molecule has 2 rings (SSSR count). The fourth-order valence-corrected chi connectivity index (χ4v) is 2.88. The van der Waals surface area contributed by atoms with E-state index in [4.69, 9.17) is 9.47 Å². The topological polar surface area (TPSA) is 50.8 Å². The van der Waals surface area contributed by atoms with Gasteiger partial charge in [-0.05, 0) is 50.2 Å². The van der Waals surface area contributed by atoms with Crippen molar-refractivity contribution in [3.8, 4) is 11.5 Å². The number of hydrogen-bond donors (Lipinski definition) is 1. The van der Waals surface area contributed by atoms with Crippen LogP contribution < -0.4 is 14.8 Å². The van der Waals surface area contributed by atoms with Gasteiger partial charge in [0.1, 0.15) is 0 Å². The smallest absolute Gasteiger partial charge is 0.251 e. The van der Waals surface area contributed by atoms with Gasteiger partial charge in [0, 0.05) is 18.7 Å². The van der Waals surface area contributed by atoms with E-state index >= 15 is 0 Å². The van der Waals surface area contributed by atoms with Crippen LogP contribution in [0.1, 0.15) is 42.1 Å². The Labute approximate surface area is 168 Å². The summed E-state index contributed by atoms with van der Waals surface area (Å²) in [5.41, 5.74) is 1.87. The molecule has 0 aromatic heterocycles. The maximum Gasteiger partial charge on any atom is 0.251 e. The summed E-state index contributed by atoms with van der Waals surface area (Å²) < 4.78 is 11.1. The molecule has 28 heavy (non-hydrogen) atoms. The number of unbranched alkanes of at least 4 members (excludes halogenated alkanes) is 1. The Bertz CT molecular complexity index is 719. The van der Waals surface area contributed by atoms with Crippen molar-refractivity contribution in [1.82, 2.24) is 10.2 Å². The summed E-state index contributed by atoms with van der Waals surface area (Å²) in [6.45, 7) is 5.23. The summed E-state index contributed by atoms with van der Waals surface area (Å²) in [6.07, 6.45) is 2.96. The minimum atomic E-state index is -0.0934. The van der Waals surface area contributed by atoms with E-state index in [-0.39, 0.29) is 5.91 Å². The number of carbonyl (C=O) groups is 1. The number of hydrogen-bond acceptors (Lipinski definition) is 4. The van der Waals surface area contributed by atoms with E-state index in [2.05, 4.69) is 48.5 Å². The standard InChI is InChI=1S/C23H32N2O3/c1-4-5-16-28-21-13-12-20(17-22(21)27-3)23(26)24-14-9-15-25(2)18-19-10-7-6-8-11-19/h6-8,10-13,17H,4-5,9,14-16,18H2,1-3H3,(H,24,26). The number of amides is 1. The number of benzene rings is 2. The molecule has 0 heterocycles. The van der Waals surface area contributed by atoms with E-state index in [9.17, 15) is 4.79 Å². The lowest BCUT2D eigenvalue weighted by atomic mass is 10.2. The molecule has 2 aromatic rings. The van der Waals surface area contributed by atoms with E-state index in [1.54, 1.807) is 25.3 Å². The Morgan fingerprint density at radius 3 is 2.57 bits per heavy atom. The van der Waals surface area contributed by atoms with Crippen LogP contribution in [0.5, 0.6) is 11.5 Å². The minimum Gasteiger partial charge on any atom is -0.493 e. The number of nitrogens with one attached hydrogen (secondary N) is 1. The van der Waals surface area contributed by atoms with Gasteiger partial charge in [-0.15, -0.1) is 0 Å². The maximum atomic E-state index is 12.4. The van der Waals surface area contributed by atoms with Crippen LogP contribution in [0.3, 0.4) is 0 Å². The Kier molecular flexibility index (Phi) is 9.35. The van der Waals surface area contributed by atoms with Crippen LogP contribution in [0.25, 0.3) is 0 Å². The lowest BCUT2D eigenvalue weighted by Crippen LogP contribution is -2.28. The lowest BCUT2D eigenvalue weighted by Gasteiger charge is -2.17. The molecule has 0 aliphatic heterocycles. The van der Waals surface area contributed by atoms with E-state index in [0.29, 0.717) is 30.2 Å². The van der Waals surface area contributed by atoms with Crippen molar-refractivity contribution in [3.63, 3.8) is 0 Å². The van der Waals surface area contributed by atoms with Gasteiger partial charge in [-0.25, -0.2) is 0 Å². The van der Waals surface area contributed by atoms with Gasteiger partial charge < -0.3 is 19.7 Å². The number of carbonyl (C=O) groups excluding carboxylic acids is 1. The predicted molar refractivity (Wildman–Crippen MR) is 113 cm³/mol. The van der Waals surface area contributed by atoms with Gasteiger partial charge in [0.2, 0.25) is 0 Å². The van der Waals surface area contributed by atoms with Crippen molar-refractivity contribution >= 4 is 5.91 Å². The zero-order chi connectivity index (χ0) is 20.2. The molecule has 5 heteroatoms. The SMILES string of the molecule is CCCCOc1ccc(C(=O)NCCCN(C)Cc2ccccc2)cc1OC. The third-order valence-electron chi connectivity index (χ3n) is 4.48. The summed E-state index contributed by atoms with van der Waals surface area (Å²) in [5.74, 6) is 1.17. The van der Waals surface area contributed by atoms with Crippen molar-refractivity contribution in [3.05, 3.63) is 59.7 Å². The summed E-state index contributed by atoms with van der Waals surface area (Å²) in [7, 11) is 3.68. The molecule has 0 aliphatic rings. The zero-order valence-electron chi connectivity index (χ0n) is 17.2. The molecule has 0 spiro atoms. The molecule has 0 radical (unpaired) electrons. The van der Waals surface area contributed by atoms with Crippen molar-refractivity contribution in [2.45, 2.75) is 32.7 Å². The van der Waals surface area contributed by atoms with Crippen LogP contribution in [0, 0.1) is 0 Å². The van der Waals surface area contributed by atoms with Crippen LogP contribution in [-0.4, -0.2) is 44.7 Å². The predicted octanol–water partition coefficient (Wildman–Crippen LogP) is 4.13. The third kappa shape index (κ3) is 7.24. The van der Waals surface area contributed by atoms with Crippen LogP contribution in [0.2, 0.25) is 0 Å². The summed E-state index contributed by atoms with van der Waals surface area (Å²) >= 11 is 0. The van der Waals surface area contributed by atoms with Gasteiger partial charge >= 0.3 is 0 Å². The number of rotatable bonds is 12. The molecule has 0 saturated carbocycles. The van der Waals surface area contributed by atoms with Crippen molar-refractivity contribution in [2.75, 3.05) is 33.9 Å². The highest BCUT2D eigenvalue weighted by molar-refractivity contribution is 5.94. The molecule has 1 amide bonds. The van der Waals surface area contributed by atoms with Crippen LogP contribution in [0.4, 0.5) is 0 Å². The quantitative estimate of drug-likeness (QED) is 0.559. The van der Waals surface area contributed by atoms with Gasteiger partial charge in [0.05, 0.1) is 13.7 Å². The van der Waals surface area contributed by atoms with Gasteiger partial charge in [-0.3, -0.25) is 4.79 Å². The first-order chi connectivity index (χ1) is 13.6. The zero-order valence-corrected chi connectivity index (χ0v) is 17.2. The molecule has 0 unspecified atom stereocenters. The Morgan fingerprint density at radius 2 is 1.86 bits per heavy atom. The Hall–Kier alpha value is -2.53. The molecular weight excluding hydrogens is 352 g/mol. The second-order valence-corrected chi connectivity index (χ2v) is 6.90. The largest absolute Gasteiger partial charge is 0.493 e. The number of methoxy groups -OCH3 is 1. The molecule has 0 bridgehead atoms. The maximum absolute atomic E-state index is 12.4. The van der Waals surface area contributed by atoms with Crippen LogP contribution in [0.15, 0.2) is 48.5 Å². The molecule has 152 valence electrons. The fraction of sp³-hybridized carbons (Fsp3) is 0.435. The molecule has 0 aliphatic carbocycles. The van der Waals surface area contributed by atoms with Crippen molar-refractivity contribution < 1.29 is 14.3 Å². The van der Waals surface area contributed by atoms with Gasteiger partial charge in [-0.2, -0.15) is 0 Å². The third-order valence-corrected chi connectivity index (χ3v) is 4.48. The van der Waals surface area contributed by atoms with E-state index in [1.807, 2.05) is 6.07 Å². The molecule has 5 nitrogen and oxygen atoms in total. The number of ether oxygens (including phenoxy) is 2. The summed E-state index contributed by atoms with van der Waals surface area (Å²) in [4.78, 5) is 14.7. The van der Waals surface area contributed by atoms with Crippen LogP contribution >= 0.6 is 0 Å². The summed E-state index contributed by atoms with van der Waals surface area (Å²) in [5, 5.41) is 2.98.